The summed E-state index contributed by atoms with van der Waals surface area (Å²) in [5.74, 6) is 1.29. The van der Waals surface area contributed by atoms with Gasteiger partial charge in [-0.3, -0.25) is 0 Å². The van der Waals surface area contributed by atoms with E-state index >= 15 is 0 Å². The molecule has 2 aromatic rings. The van der Waals surface area contributed by atoms with Gasteiger partial charge in [-0.05, 0) is 35.1 Å². The number of anilines is 1. The third-order valence-corrected chi connectivity index (χ3v) is 3.38. The van der Waals surface area contributed by atoms with E-state index in [0.717, 1.165) is 14.8 Å². The van der Waals surface area contributed by atoms with Crippen LogP contribution in [0.2, 0.25) is 0 Å². The molecule has 2 aromatic heterocycles. The van der Waals surface area contributed by atoms with E-state index in [1.54, 1.807) is 19.5 Å². The van der Waals surface area contributed by atoms with Gasteiger partial charge in [0.25, 0.3) is 0 Å². The smallest absolute Gasteiger partial charge is 0.200 e. The van der Waals surface area contributed by atoms with E-state index in [1.165, 1.54) is 0 Å². The molecule has 0 saturated carbocycles. The summed E-state index contributed by atoms with van der Waals surface area (Å²) in [4.78, 5) is 16.9. The molecular formula is C11H12IN5O. The lowest BCUT2D eigenvalue weighted by Gasteiger charge is -2.07. The van der Waals surface area contributed by atoms with Gasteiger partial charge in [-0.15, -0.1) is 0 Å². The predicted octanol–water partition coefficient (Wildman–Crippen LogP) is 1.58. The minimum Gasteiger partial charge on any atom is -0.383 e. The van der Waals surface area contributed by atoms with Crippen molar-refractivity contribution in [3.05, 3.63) is 27.2 Å². The maximum Gasteiger partial charge on any atom is 0.200 e. The Morgan fingerprint density at radius 3 is 2.50 bits per heavy atom. The lowest BCUT2D eigenvalue weighted by molar-refractivity contribution is 0.181. The third kappa shape index (κ3) is 2.72. The number of ether oxygens (including phenoxy) is 1. The van der Waals surface area contributed by atoms with Gasteiger partial charge in [0.05, 0.1) is 15.9 Å². The molecule has 0 atom stereocenters. The second kappa shape index (κ2) is 5.53. The first-order valence-electron chi connectivity index (χ1n) is 5.21. The number of nitrogens with two attached hydrogens (primary N) is 1. The monoisotopic (exact) mass is 357 g/mol. The van der Waals surface area contributed by atoms with Crippen LogP contribution in [0.25, 0.3) is 11.6 Å². The fourth-order valence-electron chi connectivity index (χ4n) is 1.35. The summed E-state index contributed by atoms with van der Waals surface area (Å²) in [6.45, 7) is 2.30. The first-order chi connectivity index (χ1) is 8.61. The molecule has 6 nitrogen and oxygen atoms in total. The van der Waals surface area contributed by atoms with Crippen LogP contribution in [0.3, 0.4) is 0 Å². The van der Waals surface area contributed by atoms with Gasteiger partial charge >= 0.3 is 0 Å². The molecular weight excluding hydrogens is 345 g/mol. The standard InChI is InChI=1S/C11H12IN5O/c1-6-3-14-10(15-4-6)11-16-7(5-18-2)8(12)9(13)17-11/h3-4H,5H2,1-2H3,(H2,13,16,17). The van der Waals surface area contributed by atoms with Crippen LogP contribution in [0.5, 0.6) is 0 Å². The predicted molar refractivity (Wildman–Crippen MR) is 75.6 cm³/mol. The number of halogens is 1. The second-order valence-corrected chi connectivity index (χ2v) is 4.79. The molecule has 2 rings (SSSR count). The van der Waals surface area contributed by atoms with Crippen molar-refractivity contribution in [1.82, 2.24) is 19.9 Å². The maximum atomic E-state index is 5.85. The highest BCUT2D eigenvalue weighted by molar-refractivity contribution is 14.1. The van der Waals surface area contributed by atoms with Crippen molar-refractivity contribution < 1.29 is 4.74 Å². The van der Waals surface area contributed by atoms with Crippen molar-refractivity contribution in [1.29, 1.82) is 0 Å². The Morgan fingerprint density at radius 2 is 1.89 bits per heavy atom. The molecule has 0 unspecified atom stereocenters. The Bertz CT molecular complexity index is 558. The molecule has 0 radical (unpaired) electrons. The number of nitrogen functional groups attached to an aromatic ring is 1. The van der Waals surface area contributed by atoms with Crippen molar-refractivity contribution >= 4 is 28.4 Å². The molecule has 0 aliphatic heterocycles. The zero-order chi connectivity index (χ0) is 13.1. The van der Waals surface area contributed by atoms with Crippen LogP contribution < -0.4 is 5.73 Å². The van der Waals surface area contributed by atoms with Crippen molar-refractivity contribution in [2.45, 2.75) is 13.5 Å². The zero-order valence-corrected chi connectivity index (χ0v) is 12.2. The molecule has 2 heterocycles. The average Bonchev–Trinajstić information content (AvgIpc) is 2.36. The van der Waals surface area contributed by atoms with E-state index in [0.29, 0.717) is 24.1 Å². The van der Waals surface area contributed by atoms with Gasteiger partial charge in [0.1, 0.15) is 5.82 Å². The minimum atomic E-state index is 0.379. The van der Waals surface area contributed by atoms with Crippen LogP contribution in [0.1, 0.15) is 11.3 Å². The molecule has 0 aliphatic rings. The number of hydrogen-bond acceptors (Lipinski definition) is 6. The van der Waals surface area contributed by atoms with Crippen LogP contribution in [0.15, 0.2) is 12.4 Å². The molecule has 0 aliphatic carbocycles. The SMILES string of the molecule is COCc1nc(-c2ncc(C)cn2)nc(N)c1I. The Hall–Kier alpha value is -1.35. The normalized spacial score (nSPS) is 10.6. The van der Waals surface area contributed by atoms with Crippen molar-refractivity contribution in [2.75, 3.05) is 12.8 Å². The van der Waals surface area contributed by atoms with Gasteiger partial charge in [-0.1, -0.05) is 0 Å². The van der Waals surface area contributed by atoms with Gasteiger partial charge in [0.15, 0.2) is 11.6 Å². The number of methoxy groups -OCH3 is 1. The summed E-state index contributed by atoms with van der Waals surface area (Å²) in [5.41, 5.74) is 7.57. The molecule has 2 N–H and O–H groups in total. The third-order valence-electron chi connectivity index (χ3n) is 2.21. The van der Waals surface area contributed by atoms with E-state index in [4.69, 9.17) is 10.5 Å². The van der Waals surface area contributed by atoms with Crippen LogP contribution in [-0.4, -0.2) is 27.0 Å². The Kier molecular flexibility index (Phi) is 4.02. The Morgan fingerprint density at radius 1 is 1.22 bits per heavy atom. The van der Waals surface area contributed by atoms with E-state index in [1.807, 2.05) is 6.92 Å². The largest absolute Gasteiger partial charge is 0.383 e. The van der Waals surface area contributed by atoms with Gasteiger partial charge in [-0.25, -0.2) is 19.9 Å². The van der Waals surface area contributed by atoms with Gasteiger partial charge in [0.2, 0.25) is 0 Å². The van der Waals surface area contributed by atoms with Crippen LogP contribution in [-0.2, 0) is 11.3 Å². The lowest BCUT2D eigenvalue weighted by Crippen LogP contribution is -2.07. The first kappa shape index (κ1) is 13.1. The first-order valence-corrected chi connectivity index (χ1v) is 6.29. The molecule has 7 heteroatoms. The Labute approximate surface area is 118 Å². The molecule has 18 heavy (non-hydrogen) atoms. The van der Waals surface area contributed by atoms with Gasteiger partial charge in [-0.2, -0.15) is 0 Å². The summed E-state index contributed by atoms with van der Waals surface area (Å²) in [6, 6.07) is 0. The van der Waals surface area contributed by atoms with E-state index in [9.17, 15) is 0 Å². The number of hydrogen-bond donors (Lipinski definition) is 1. The molecule has 0 aromatic carbocycles. The van der Waals surface area contributed by atoms with E-state index < -0.39 is 0 Å². The van der Waals surface area contributed by atoms with Crippen LogP contribution >= 0.6 is 22.6 Å². The summed E-state index contributed by atoms with van der Waals surface area (Å²) in [7, 11) is 1.61. The quantitative estimate of drug-likeness (QED) is 0.840. The van der Waals surface area contributed by atoms with Gasteiger partial charge in [0, 0.05) is 19.5 Å². The maximum absolute atomic E-state index is 5.85. The molecule has 0 amide bonds. The number of rotatable bonds is 3. The average molecular weight is 357 g/mol. The van der Waals surface area contributed by atoms with Crippen LogP contribution in [0, 0.1) is 10.5 Å². The summed E-state index contributed by atoms with van der Waals surface area (Å²) in [6.07, 6.45) is 3.44. The van der Waals surface area contributed by atoms with E-state index in [-0.39, 0.29) is 0 Å². The summed E-state index contributed by atoms with van der Waals surface area (Å²) >= 11 is 2.10. The topological polar surface area (TPSA) is 86.8 Å². The molecule has 0 fully saturated rings. The molecule has 94 valence electrons. The van der Waals surface area contributed by atoms with Crippen molar-refractivity contribution in [2.24, 2.45) is 0 Å². The van der Waals surface area contributed by atoms with Crippen molar-refractivity contribution in [3.63, 3.8) is 0 Å². The highest BCUT2D eigenvalue weighted by Crippen LogP contribution is 2.20. The number of aromatic nitrogens is 4. The lowest BCUT2D eigenvalue weighted by atomic mass is 10.3. The summed E-state index contributed by atoms with van der Waals surface area (Å²) < 4.78 is 5.88. The van der Waals surface area contributed by atoms with Crippen molar-refractivity contribution in [3.8, 4) is 11.6 Å². The fourth-order valence-corrected chi connectivity index (χ4v) is 1.75. The zero-order valence-electron chi connectivity index (χ0n) is 10.0. The fraction of sp³-hybridized carbons (Fsp3) is 0.273. The Balaban J connectivity index is 2.48. The second-order valence-electron chi connectivity index (χ2n) is 3.71. The van der Waals surface area contributed by atoms with Gasteiger partial charge < -0.3 is 10.5 Å². The van der Waals surface area contributed by atoms with E-state index in [2.05, 4.69) is 42.5 Å². The minimum absolute atomic E-state index is 0.379. The molecule has 0 bridgehead atoms. The highest BCUT2D eigenvalue weighted by atomic mass is 127. The molecule has 0 spiro atoms. The highest BCUT2D eigenvalue weighted by Gasteiger charge is 2.12. The number of nitrogens with zero attached hydrogens (tertiary/aromatic N) is 4. The van der Waals surface area contributed by atoms with Crippen LogP contribution in [0.4, 0.5) is 5.82 Å². The summed E-state index contributed by atoms with van der Waals surface area (Å²) in [5, 5.41) is 0. The molecule has 0 saturated heterocycles. The number of aryl methyl sites for hydroxylation is 1.